The van der Waals surface area contributed by atoms with Gasteiger partial charge in [-0.1, -0.05) is 115 Å². The molecule has 0 aliphatic heterocycles. The molecule has 8 heteroatoms. The molecule has 0 saturated carbocycles. The molecule has 2 N–H and O–H groups in total. The highest BCUT2D eigenvalue weighted by Crippen LogP contribution is 2.43. The molecule has 6 aromatic rings. The summed E-state index contributed by atoms with van der Waals surface area (Å²) < 4.78 is 1.83. The summed E-state index contributed by atoms with van der Waals surface area (Å²) in [6, 6.07) is 37.8. The van der Waals surface area contributed by atoms with Crippen LogP contribution in [0.5, 0.6) is 0 Å². The highest BCUT2D eigenvalue weighted by Gasteiger charge is 2.42. The second kappa shape index (κ2) is 9.83. The molecular formula is C31H24N6O2. The maximum atomic E-state index is 12.1. The zero-order chi connectivity index (χ0) is 26.8. The van der Waals surface area contributed by atoms with Gasteiger partial charge in [0.15, 0.2) is 11.5 Å². The van der Waals surface area contributed by atoms with Gasteiger partial charge in [0, 0.05) is 11.1 Å². The van der Waals surface area contributed by atoms with Crippen LogP contribution >= 0.6 is 0 Å². The summed E-state index contributed by atoms with van der Waals surface area (Å²) in [5.74, 6) is -0.115. The van der Waals surface area contributed by atoms with Crippen molar-refractivity contribution in [2.75, 3.05) is 0 Å². The standard InChI is InChI=1S/C31H24N6O2/c1-21-32-27(28(33-21)30(38)39)25-19-11-12-20-26(25)29-34-35-36-37(29)31(22-13-5-2-6-14-22,23-15-7-3-8-16-23)24-17-9-4-10-18-24/h2-20H,1H3,(H,32,33)(H,38,39). The molecule has 0 unspecified atom stereocenters. The Hall–Kier alpha value is -5.37. The van der Waals surface area contributed by atoms with Crippen molar-refractivity contribution in [3.8, 4) is 22.6 Å². The van der Waals surface area contributed by atoms with Crippen molar-refractivity contribution in [3.63, 3.8) is 0 Å². The Morgan fingerprint density at radius 3 is 1.74 bits per heavy atom. The van der Waals surface area contributed by atoms with Gasteiger partial charge in [-0.25, -0.2) is 14.5 Å². The molecule has 0 fully saturated rings. The van der Waals surface area contributed by atoms with E-state index in [1.807, 2.05) is 83.5 Å². The van der Waals surface area contributed by atoms with Crippen LogP contribution in [-0.2, 0) is 5.54 Å². The molecule has 2 heterocycles. The minimum absolute atomic E-state index is 0.0133. The van der Waals surface area contributed by atoms with Gasteiger partial charge in [-0.05, 0) is 34.0 Å². The third kappa shape index (κ3) is 3.99. The average Bonchev–Trinajstić information content (AvgIpc) is 3.63. The molecule has 4 aromatic carbocycles. The van der Waals surface area contributed by atoms with Crippen molar-refractivity contribution < 1.29 is 9.90 Å². The Labute approximate surface area is 224 Å². The third-order valence-electron chi connectivity index (χ3n) is 6.82. The summed E-state index contributed by atoms with van der Waals surface area (Å²) in [5.41, 5.74) is 3.57. The van der Waals surface area contributed by atoms with Gasteiger partial charge in [-0.2, -0.15) is 0 Å². The minimum atomic E-state index is -1.09. The highest BCUT2D eigenvalue weighted by molar-refractivity contribution is 5.95. The van der Waals surface area contributed by atoms with Crippen molar-refractivity contribution >= 4 is 5.97 Å². The largest absolute Gasteiger partial charge is 0.477 e. The van der Waals surface area contributed by atoms with Gasteiger partial charge in [-0.3, -0.25) is 0 Å². The smallest absolute Gasteiger partial charge is 0.354 e. The van der Waals surface area contributed by atoms with Crippen molar-refractivity contribution in [2.24, 2.45) is 0 Å². The molecule has 190 valence electrons. The fourth-order valence-corrected chi connectivity index (χ4v) is 5.21. The number of aromatic amines is 1. The molecule has 6 rings (SSSR count). The SMILES string of the molecule is Cc1nc(-c2ccccc2-c2nnnn2C(c2ccccc2)(c2ccccc2)c2ccccc2)c(C(=O)O)[nH]1. The van der Waals surface area contributed by atoms with Crippen LogP contribution in [0.3, 0.4) is 0 Å². The number of carbonyl (C=O) groups is 1. The molecular weight excluding hydrogens is 488 g/mol. The fourth-order valence-electron chi connectivity index (χ4n) is 5.21. The molecule has 0 atom stereocenters. The van der Waals surface area contributed by atoms with Crippen LogP contribution in [0.15, 0.2) is 115 Å². The van der Waals surface area contributed by atoms with Crippen molar-refractivity contribution in [1.29, 1.82) is 0 Å². The Bertz CT molecular complexity index is 1650. The number of aromatic carboxylic acids is 1. The van der Waals surface area contributed by atoms with Crippen molar-refractivity contribution in [3.05, 3.63) is 143 Å². The van der Waals surface area contributed by atoms with Gasteiger partial charge in [0.05, 0.1) is 0 Å². The lowest BCUT2D eigenvalue weighted by atomic mass is 9.77. The number of hydrogen-bond acceptors (Lipinski definition) is 5. The van der Waals surface area contributed by atoms with Gasteiger partial charge >= 0.3 is 5.97 Å². The van der Waals surface area contributed by atoms with E-state index in [9.17, 15) is 9.90 Å². The summed E-state index contributed by atoms with van der Waals surface area (Å²) in [4.78, 5) is 19.5. The monoisotopic (exact) mass is 512 g/mol. The fraction of sp³-hybridized carbons (Fsp3) is 0.0645. The molecule has 0 saturated heterocycles. The van der Waals surface area contributed by atoms with Crippen molar-refractivity contribution in [2.45, 2.75) is 12.5 Å². The number of carboxylic acid groups (broad SMARTS) is 1. The number of carboxylic acids is 1. The van der Waals surface area contributed by atoms with Crippen molar-refractivity contribution in [1.82, 2.24) is 30.2 Å². The van der Waals surface area contributed by atoms with Crippen LogP contribution in [0.25, 0.3) is 22.6 Å². The second-order valence-corrected chi connectivity index (χ2v) is 9.12. The summed E-state index contributed by atoms with van der Waals surface area (Å²) in [6.07, 6.45) is 0. The zero-order valence-corrected chi connectivity index (χ0v) is 21.1. The maximum absolute atomic E-state index is 12.1. The maximum Gasteiger partial charge on any atom is 0.354 e. The van der Waals surface area contributed by atoms with Gasteiger partial charge in [0.2, 0.25) is 0 Å². The van der Waals surface area contributed by atoms with Crippen LogP contribution in [0.1, 0.15) is 33.0 Å². The number of benzene rings is 4. The minimum Gasteiger partial charge on any atom is -0.477 e. The average molecular weight is 513 g/mol. The Morgan fingerprint density at radius 1 is 0.744 bits per heavy atom. The number of rotatable bonds is 7. The first kappa shape index (κ1) is 24.0. The van der Waals surface area contributed by atoms with Crippen LogP contribution in [-0.4, -0.2) is 41.3 Å². The zero-order valence-electron chi connectivity index (χ0n) is 21.1. The number of aryl methyl sites for hydroxylation is 1. The number of aromatic nitrogens is 6. The highest BCUT2D eigenvalue weighted by atomic mass is 16.4. The van der Waals surface area contributed by atoms with Crippen LogP contribution in [0.2, 0.25) is 0 Å². The Balaban J connectivity index is 1.70. The quantitative estimate of drug-likeness (QED) is 0.270. The summed E-state index contributed by atoms with van der Waals surface area (Å²) >= 11 is 0. The summed E-state index contributed by atoms with van der Waals surface area (Å²) in [7, 11) is 0. The molecule has 0 aliphatic carbocycles. The third-order valence-corrected chi connectivity index (χ3v) is 6.82. The van der Waals surface area contributed by atoms with Gasteiger partial charge < -0.3 is 10.1 Å². The van der Waals surface area contributed by atoms with E-state index < -0.39 is 11.5 Å². The summed E-state index contributed by atoms with van der Waals surface area (Å²) in [6.45, 7) is 1.73. The number of tetrazole rings is 1. The van der Waals surface area contributed by atoms with E-state index in [-0.39, 0.29) is 5.69 Å². The lowest BCUT2D eigenvalue weighted by Crippen LogP contribution is -2.39. The Kier molecular flexibility index (Phi) is 6.05. The first-order valence-corrected chi connectivity index (χ1v) is 12.5. The molecule has 0 bridgehead atoms. The molecule has 0 aliphatic rings. The molecule has 0 amide bonds. The second-order valence-electron chi connectivity index (χ2n) is 9.12. The van der Waals surface area contributed by atoms with Crippen LogP contribution in [0, 0.1) is 6.92 Å². The Morgan fingerprint density at radius 2 is 1.23 bits per heavy atom. The van der Waals surface area contributed by atoms with Gasteiger partial charge in [0.1, 0.15) is 17.1 Å². The van der Waals surface area contributed by atoms with E-state index in [1.165, 1.54) is 0 Å². The van der Waals surface area contributed by atoms with E-state index in [2.05, 4.69) is 61.9 Å². The summed E-state index contributed by atoms with van der Waals surface area (Å²) in [5, 5.41) is 23.1. The number of nitrogens with zero attached hydrogens (tertiary/aromatic N) is 5. The number of imidazole rings is 1. The first-order valence-electron chi connectivity index (χ1n) is 12.5. The van der Waals surface area contributed by atoms with E-state index in [0.29, 0.717) is 28.5 Å². The molecule has 0 spiro atoms. The van der Waals surface area contributed by atoms with Gasteiger partial charge in [-0.15, -0.1) is 5.10 Å². The van der Waals surface area contributed by atoms with E-state index >= 15 is 0 Å². The van der Waals surface area contributed by atoms with Gasteiger partial charge in [0.25, 0.3) is 0 Å². The molecule has 2 aromatic heterocycles. The van der Waals surface area contributed by atoms with E-state index in [4.69, 9.17) is 0 Å². The topological polar surface area (TPSA) is 110 Å². The first-order chi connectivity index (χ1) is 19.1. The van der Waals surface area contributed by atoms with E-state index in [0.717, 1.165) is 16.7 Å². The number of H-pyrrole nitrogens is 1. The number of nitrogens with one attached hydrogen (secondary N) is 1. The van der Waals surface area contributed by atoms with Crippen LogP contribution < -0.4 is 0 Å². The normalized spacial score (nSPS) is 11.4. The molecule has 0 radical (unpaired) electrons. The lowest BCUT2D eigenvalue weighted by molar-refractivity contribution is 0.0692. The van der Waals surface area contributed by atoms with E-state index in [1.54, 1.807) is 6.92 Å². The molecule has 39 heavy (non-hydrogen) atoms. The molecule has 8 nitrogen and oxygen atoms in total. The number of hydrogen-bond donors (Lipinski definition) is 2. The predicted molar refractivity (Wildman–Crippen MR) is 147 cm³/mol. The predicted octanol–water partition coefficient (Wildman–Crippen LogP) is 5.58. The van der Waals surface area contributed by atoms with Crippen LogP contribution in [0.4, 0.5) is 0 Å². The lowest BCUT2D eigenvalue weighted by Gasteiger charge is -2.36.